The zero-order chi connectivity index (χ0) is 24.9. The first-order chi connectivity index (χ1) is 16.9. The lowest BCUT2D eigenvalue weighted by Gasteiger charge is -2.12. The number of benzene rings is 3. The Bertz CT molecular complexity index is 1460. The minimum absolute atomic E-state index is 0.141. The van der Waals surface area contributed by atoms with Crippen LogP contribution in [0.5, 0.6) is 17.2 Å². The average Bonchev–Trinajstić information content (AvgIpc) is 2.85. The van der Waals surface area contributed by atoms with E-state index in [2.05, 4.69) is 10.4 Å². The highest BCUT2D eigenvalue weighted by atomic mass is 16.6. The van der Waals surface area contributed by atoms with Gasteiger partial charge in [-0.2, -0.15) is 5.10 Å². The van der Waals surface area contributed by atoms with Gasteiger partial charge in [-0.1, -0.05) is 24.3 Å². The number of para-hydroxylation sites is 4. The second-order valence-corrected chi connectivity index (χ2v) is 7.39. The number of methoxy groups -OCH3 is 1. The van der Waals surface area contributed by atoms with E-state index in [4.69, 9.17) is 9.47 Å². The summed E-state index contributed by atoms with van der Waals surface area (Å²) < 4.78 is 12.3. The summed E-state index contributed by atoms with van der Waals surface area (Å²) in [6, 6.07) is 20.8. The number of carbonyl (C=O) groups excluding carboxylic acids is 1. The molecule has 0 aliphatic rings. The monoisotopic (exact) mass is 472 g/mol. The Hall–Kier alpha value is -4.99. The molecule has 1 N–H and O–H groups in total. The Morgan fingerprint density at radius 2 is 1.66 bits per heavy atom. The number of hydrogen-bond acceptors (Lipinski definition) is 7. The highest BCUT2D eigenvalue weighted by molar-refractivity contribution is 6.02. The number of ether oxygens (including phenoxy) is 2. The van der Waals surface area contributed by atoms with Gasteiger partial charge in [0.15, 0.2) is 17.2 Å². The maximum absolute atomic E-state index is 12.8. The third-order valence-electron chi connectivity index (χ3n) is 5.04. The molecule has 4 rings (SSSR count). The van der Waals surface area contributed by atoms with E-state index in [0.717, 1.165) is 0 Å². The molecule has 1 aromatic heterocycles. The van der Waals surface area contributed by atoms with Crippen molar-refractivity contribution < 1.29 is 19.2 Å². The quantitative estimate of drug-likeness (QED) is 0.310. The maximum Gasteiger partial charge on any atom is 0.294 e. The van der Waals surface area contributed by atoms with E-state index in [9.17, 15) is 19.7 Å². The van der Waals surface area contributed by atoms with Crippen molar-refractivity contribution in [3.05, 3.63) is 111 Å². The third kappa shape index (κ3) is 5.01. The fraction of sp³-hybridized carbons (Fsp3) is 0.0800. The number of amides is 1. The van der Waals surface area contributed by atoms with Crippen LogP contribution in [0.25, 0.3) is 5.69 Å². The van der Waals surface area contributed by atoms with E-state index < -0.39 is 22.0 Å². The number of nitrogens with zero attached hydrogens (tertiary/aromatic N) is 3. The molecule has 0 radical (unpaired) electrons. The molecule has 0 unspecified atom stereocenters. The number of carbonyl (C=O) groups is 1. The molecule has 176 valence electrons. The standard InChI is InChI=1S/C25H20N4O6/c1-16-15-21(30)24(27-28(16)19-7-3-4-8-20(19)29(32)33)25(31)26-17-11-13-18(14-12-17)35-23-10-6-5-9-22(23)34-2/h3-15H,1-2H3,(H,26,31). The van der Waals surface area contributed by atoms with Gasteiger partial charge >= 0.3 is 0 Å². The first-order valence-electron chi connectivity index (χ1n) is 10.4. The van der Waals surface area contributed by atoms with Gasteiger partial charge in [0, 0.05) is 23.5 Å². The molecule has 0 aliphatic heterocycles. The van der Waals surface area contributed by atoms with Gasteiger partial charge in [-0.25, -0.2) is 4.68 Å². The molecule has 0 saturated carbocycles. The van der Waals surface area contributed by atoms with Crippen LogP contribution in [0.2, 0.25) is 0 Å². The highest BCUT2D eigenvalue weighted by Crippen LogP contribution is 2.31. The van der Waals surface area contributed by atoms with Crippen molar-refractivity contribution in [2.24, 2.45) is 0 Å². The van der Waals surface area contributed by atoms with Gasteiger partial charge in [0.05, 0.1) is 12.0 Å². The minimum Gasteiger partial charge on any atom is -0.493 e. The second kappa shape index (κ2) is 9.87. The van der Waals surface area contributed by atoms with Crippen LogP contribution < -0.4 is 20.2 Å². The Balaban J connectivity index is 1.57. The zero-order valence-electron chi connectivity index (χ0n) is 18.8. The average molecular weight is 472 g/mol. The molecule has 35 heavy (non-hydrogen) atoms. The Morgan fingerprint density at radius 1 is 1.00 bits per heavy atom. The lowest BCUT2D eigenvalue weighted by Crippen LogP contribution is -2.27. The Morgan fingerprint density at radius 3 is 2.34 bits per heavy atom. The smallest absolute Gasteiger partial charge is 0.294 e. The Labute approximate surface area is 199 Å². The fourth-order valence-electron chi connectivity index (χ4n) is 3.37. The molecule has 0 atom stereocenters. The summed E-state index contributed by atoms with van der Waals surface area (Å²) in [4.78, 5) is 36.2. The molecule has 1 heterocycles. The van der Waals surface area contributed by atoms with Gasteiger partial charge in [-0.3, -0.25) is 19.7 Å². The van der Waals surface area contributed by atoms with Crippen LogP contribution in [0, 0.1) is 17.0 Å². The van der Waals surface area contributed by atoms with Gasteiger partial charge in [0.1, 0.15) is 11.4 Å². The summed E-state index contributed by atoms with van der Waals surface area (Å²) in [5, 5.41) is 18.2. The minimum atomic E-state index is -0.749. The molecule has 10 nitrogen and oxygen atoms in total. The van der Waals surface area contributed by atoms with Crippen molar-refractivity contribution in [1.29, 1.82) is 0 Å². The number of rotatable bonds is 7. The highest BCUT2D eigenvalue weighted by Gasteiger charge is 2.20. The van der Waals surface area contributed by atoms with E-state index in [-0.39, 0.29) is 11.4 Å². The van der Waals surface area contributed by atoms with Crippen LogP contribution >= 0.6 is 0 Å². The molecule has 0 saturated heterocycles. The number of aromatic nitrogens is 2. The number of hydrogen-bond donors (Lipinski definition) is 1. The largest absolute Gasteiger partial charge is 0.493 e. The third-order valence-corrected chi connectivity index (χ3v) is 5.04. The molecular formula is C25H20N4O6. The summed E-state index contributed by atoms with van der Waals surface area (Å²) in [5.74, 6) is 0.872. The van der Waals surface area contributed by atoms with E-state index in [1.54, 1.807) is 56.5 Å². The molecule has 0 spiro atoms. The first-order valence-corrected chi connectivity index (χ1v) is 10.4. The van der Waals surface area contributed by atoms with Gasteiger partial charge in [-0.05, 0) is 49.4 Å². The molecule has 3 aromatic carbocycles. The second-order valence-electron chi connectivity index (χ2n) is 7.39. The number of nitrogens with one attached hydrogen (secondary N) is 1. The van der Waals surface area contributed by atoms with Crippen molar-refractivity contribution >= 4 is 17.3 Å². The van der Waals surface area contributed by atoms with E-state index >= 15 is 0 Å². The molecular weight excluding hydrogens is 452 g/mol. The fourth-order valence-corrected chi connectivity index (χ4v) is 3.37. The van der Waals surface area contributed by atoms with E-state index in [0.29, 0.717) is 28.6 Å². The maximum atomic E-state index is 12.8. The van der Waals surface area contributed by atoms with Crippen molar-refractivity contribution in [3.8, 4) is 22.9 Å². The summed E-state index contributed by atoms with van der Waals surface area (Å²) in [6.07, 6.45) is 0. The van der Waals surface area contributed by atoms with E-state index in [1.165, 1.54) is 28.9 Å². The van der Waals surface area contributed by atoms with Crippen LogP contribution in [0.15, 0.2) is 83.7 Å². The predicted molar refractivity (Wildman–Crippen MR) is 129 cm³/mol. The van der Waals surface area contributed by atoms with Crippen molar-refractivity contribution in [1.82, 2.24) is 9.78 Å². The first kappa shape index (κ1) is 23.2. The molecule has 1 amide bonds. The lowest BCUT2D eigenvalue weighted by atomic mass is 10.2. The summed E-state index contributed by atoms with van der Waals surface area (Å²) in [7, 11) is 1.55. The normalized spacial score (nSPS) is 10.5. The van der Waals surface area contributed by atoms with Crippen LogP contribution in [0.3, 0.4) is 0 Å². The van der Waals surface area contributed by atoms with E-state index in [1.807, 2.05) is 12.1 Å². The molecule has 0 fully saturated rings. The van der Waals surface area contributed by atoms with Crippen LogP contribution in [-0.4, -0.2) is 27.7 Å². The number of anilines is 1. The molecule has 4 aromatic rings. The number of nitro benzene ring substituents is 1. The van der Waals surface area contributed by atoms with Crippen molar-refractivity contribution in [2.45, 2.75) is 6.92 Å². The molecule has 0 bridgehead atoms. The lowest BCUT2D eigenvalue weighted by molar-refractivity contribution is -0.384. The van der Waals surface area contributed by atoms with Gasteiger partial charge in [0.25, 0.3) is 11.6 Å². The van der Waals surface area contributed by atoms with Gasteiger partial charge in [0.2, 0.25) is 5.43 Å². The topological polar surface area (TPSA) is 126 Å². The number of nitro groups is 1. The Kier molecular flexibility index (Phi) is 6.54. The zero-order valence-corrected chi connectivity index (χ0v) is 18.8. The predicted octanol–water partition coefficient (Wildman–Crippen LogP) is 4.50. The van der Waals surface area contributed by atoms with Crippen molar-refractivity contribution in [2.75, 3.05) is 12.4 Å². The summed E-state index contributed by atoms with van der Waals surface area (Å²) in [6.45, 7) is 1.58. The summed E-state index contributed by atoms with van der Waals surface area (Å²) >= 11 is 0. The molecule has 0 aliphatic carbocycles. The van der Waals surface area contributed by atoms with Crippen LogP contribution in [0.1, 0.15) is 16.2 Å². The van der Waals surface area contributed by atoms with Crippen molar-refractivity contribution in [3.63, 3.8) is 0 Å². The number of aryl methyl sites for hydroxylation is 1. The van der Waals surface area contributed by atoms with Gasteiger partial charge < -0.3 is 14.8 Å². The molecule has 10 heteroatoms. The van der Waals surface area contributed by atoms with Crippen LogP contribution in [0.4, 0.5) is 11.4 Å². The summed E-state index contributed by atoms with van der Waals surface area (Å²) in [5.41, 5.74) is -0.320. The van der Waals surface area contributed by atoms with Crippen LogP contribution in [-0.2, 0) is 0 Å². The SMILES string of the molecule is COc1ccccc1Oc1ccc(NC(=O)c2nn(-c3ccccc3[N+](=O)[O-])c(C)cc2=O)cc1. The van der Waals surface area contributed by atoms with Gasteiger partial charge in [-0.15, -0.1) is 0 Å².